The predicted octanol–water partition coefficient (Wildman–Crippen LogP) is 2.86. The Morgan fingerprint density at radius 3 is 2.59 bits per heavy atom. The second kappa shape index (κ2) is 8.86. The van der Waals surface area contributed by atoms with E-state index in [0.717, 1.165) is 36.5 Å². The fourth-order valence-corrected chi connectivity index (χ4v) is 3.46. The Labute approximate surface area is 160 Å². The van der Waals surface area contributed by atoms with E-state index in [1.807, 2.05) is 37.3 Å². The summed E-state index contributed by atoms with van der Waals surface area (Å²) in [4.78, 5) is 19.1. The number of carbonyl (C=O) groups excluding carboxylic acids is 1. The van der Waals surface area contributed by atoms with Gasteiger partial charge in [-0.15, -0.1) is 0 Å². The molecule has 6 heteroatoms. The summed E-state index contributed by atoms with van der Waals surface area (Å²) in [6, 6.07) is 9.30. The van der Waals surface area contributed by atoms with Crippen LogP contribution >= 0.6 is 0 Å². The van der Waals surface area contributed by atoms with Gasteiger partial charge in [0, 0.05) is 24.2 Å². The van der Waals surface area contributed by atoms with Crippen molar-refractivity contribution in [1.82, 2.24) is 15.2 Å². The van der Waals surface area contributed by atoms with Crippen LogP contribution in [0.5, 0.6) is 5.75 Å². The second-order valence-corrected chi connectivity index (χ2v) is 6.94. The Bertz CT molecular complexity index is 784. The fourth-order valence-electron chi connectivity index (χ4n) is 3.46. The molecule has 1 aliphatic heterocycles. The van der Waals surface area contributed by atoms with Crippen LogP contribution in [-0.2, 0) is 0 Å². The summed E-state index contributed by atoms with van der Waals surface area (Å²) in [6.07, 6.45) is 3.84. The van der Waals surface area contributed by atoms with Crippen LogP contribution in [0, 0.1) is 6.92 Å². The number of nitrogens with two attached hydrogens (primary N) is 1. The maximum Gasteiger partial charge on any atom is 0.251 e. The molecule has 0 atom stereocenters. The lowest BCUT2D eigenvalue weighted by Crippen LogP contribution is -2.37. The molecule has 0 aliphatic carbocycles. The molecule has 0 bridgehead atoms. The molecule has 0 spiro atoms. The van der Waals surface area contributed by atoms with E-state index in [1.54, 1.807) is 7.11 Å². The van der Waals surface area contributed by atoms with Crippen molar-refractivity contribution in [1.29, 1.82) is 0 Å². The minimum absolute atomic E-state index is 0.0499. The molecule has 27 heavy (non-hydrogen) atoms. The van der Waals surface area contributed by atoms with Gasteiger partial charge in [-0.2, -0.15) is 0 Å². The highest BCUT2D eigenvalue weighted by molar-refractivity contribution is 5.94. The summed E-state index contributed by atoms with van der Waals surface area (Å²) in [5, 5.41) is 3.00. The molecule has 1 fully saturated rings. The van der Waals surface area contributed by atoms with Crippen molar-refractivity contribution < 1.29 is 9.53 Å². The van der Waals surface area contributed by atoms with Crippen molar-refractivity contribution >= 4 is 11.7 Å². The summed E-state index contributed by atoms with van der Waals surface area (Å²) in [5.41, 5.74) is 9.16. The topological polar surface area (TPSA) is 80.5 Å². The Morgan fingerprint density at radius 1 is 1.22 bits per heavy atom. The number of rotatable bonds is 6. The predicted molar refractivity (Wildman–Crippen MR) is 108 cm³/mol. The van der Waals surface area contributed by atoms with Gasteiger partial charge in [-0.3, -0.25) is 4.79 Å². The molecular weight excluding hydrogens is 340 g/mol. The fraction of sp³-hybridized carbons (Fsp3) is 0.429. The molecule has 1 amide bonds. The molecule has 0 unspecified atom stereocenters. The number of amides is 1. The van der Waals surface area contributed by atoms with Crippen LogP contribution in [0.2, 0.25) is 0 Å². The number of hydrogen-bond donors (Lipinski definition) is 2. The first-order valence-electron chi connectivity index (χ1n) is 9.50. The molecular formula is C21H28N4O2. The normalized spacial score (nSPS) is 14.7. The van der Waals surface area contributed by atoms with Crippen molar-refractivity contribution in [3.63, 3.8) is 0 Å². The van der Waals surface area contributed by atoms with Gasteiger partial charge in [0.15, 0.2) is 0 Å². The molecule has 2 heterocycles. The lowest BCUT2D eigenvalue weighted by atomic mass is 10.0. The zero-order valence-corrected chi connectivity index (χ0v) is 16.1. The number of nitrogens with zero attached hydrogens (tertiary/aromatic N) is 2. The van der Waals surface area contributed by atoms with Crippen LogP contribution in [-0.4, -0.2) is 49.1 Å². The maximum atomic E-state index is 12.4. The van der Waals surface area contributed by atoms with Crippen LogP contribution in [0.1, 0.15) is 35.3 Å². The highest BCUT2D eigenvalue weighted by Gasteiger charge is 2.12. The minimum Gasteiger partial charge on any atom is -0.495 e. The molecule has 144 valence electrons. The van der Waals surface area contributed by atoms with Crippen molar-refractivity contribution in [3.05, 3.63) is 41.6 Å². The Kier molecular flexibility index (Phi) is 6.29. The third-order valence-corrected chi connectivity index (χ3v) is 5.04. The largest absolute Gasteiger partial charge is 0.495 e. The number of nitrogens with one attached hydrogen (secondary N) is 1. The number of aromatic nitrogens is 1. The van der Waals surface area contributed by atoms with E-state index in [1.165, 1.54) is 19.3 Å². The van der Waals surface area contributed by atoms with E-state index >= 15 is 0 Å². The first kappa shape index (κ1) is 19.2. The summed E-state index contributed by atoms with van der Waals surface area (Å²) in [7, 11) is 1.61. The number of likely N-dealkylation sites (tertiary alicyclic amines) is 1. The van der Waals surface area contributed by atoms with Crippen molar-refractivity contribution in [2.45, 2.75) is 26.2 Å². The smallest absolute Gasteiger partial charge is 0.251 e. The van der Waals surface area contributed by atoms with Gasteiger partial charge < -0.3 is 20.7 Å². The van der Waals surface area contributed by atoms with Gasteiger partial charge in [-0.25, -0.2) is 4.98 Å². The lowest BCUT2D eigenvalue weighted by Gasteiger charge is -2.26. The van der Waals surface area contributed by atoms with Crippen LogP contribution in [0.3, 0.4) is 0 Å². The van der Waals surface area contributed by atoms with Crippen molar-refractivity contribution in [2.75, 3.05) is 39.0 Å². The number of ether oxygens (including phenoxy) is 1. The van der Waals surface area contributed by atoms with Crippen LogP contribution in [0.4, 0.5) is 5.82 Å². The van der Waals surface area contributed by atoms with E-state index in [2.05, 4.69) is 15.2 Å². The Morgan fingerprint density at radius 2 is 1.93 bits per heavy atom. The van der Waals surface area contributed by atoms with E-state index in [4.69, 9.17) is 10.5 Å². The van der Waals surface area contributed by atoms with Crippen molar-refractivity contribution in [3.8, 4) is 16.9 Å². The molecule has 6 nitrogen and oxygen atoms in total. The van der Waals surface area contributed by atoms with E-state index in [0.29, 0.717) is 23.7 Å². The first-order chi connectivity index (χ1) is 13.1. The average Bonchev–Trinajstić information content (AvgIpc) is 2.69. The van der Waals surface area contributed by atoms with Gasteiger partial charge in [0.25, 0.3) is 5.91 Å². The monoisotopic (exact) mass is 368 g/mol. The zero-order chi connectivity index (χ0) is 19.2. The number of benzene rings is 1. The third-order valence-electron chi connectivity index (χ3n) is 5.04. The SMILES string of the molecule is COc1cc(-c2ccc(C(=O)NCCN3CCCCC3)cc2)c(N)nc1C. The van der Waals surface area contributed by atoms with E-state index in [9.17, 15) is 4.79 Å². The van der Waals surface area contributed by atoms with Crippen LogP contribution in [0.25, 0.3) is 11.1 Å². The number of nitrogen functional groups attached to an aromatic ring is 1. The van der Waals surface area contributed by atoms with Crippen LogP contribution in [0.15, 0.2) is 30.3 Å². The Hall–Kier alpha value is -2.60. The van der Waals surface area contributed by atoms with Crippen molar-refractivity contribution in [2.24, 2.45) is 0 Å². The molecule has 1 aromatic carbocycles. The second-order valence-electron chi connectivity index (χ2n) is 6.94. The quantitative estimate of drug-likeness (QED) is 0.819. The van der Waals surface area contributed by atoms with Gasteiger partial charge in [-0.05, 0) is 56.6 Å². The van der Waals surface area contributed by atoms with Gasteiger partial charge in [0.1, 0.15) is 11.6 Å². The Balaban J connectivity index is 1.62. The number of piperidine rings is 1. The van der Waals surface area contributed by atoms with E-state index < -0.39 is 0 Å². The van der Waals surface area contributed by atoms with Gasteiger partial charge in [-0.1, -0.05) is 18.6 Å². The molecule has 0 radical (unpaired) electrons. The molecule has 3 N–H and O–H groups in total. The number of pyridine rings is 1. The standard InChI is InChI=1S/C21H28N4O2/c1-15-19(27-2)14-18(20(22)24-15)16-6-8-17(9-7-16)21(26)23-10-13-25-11-4-3-5-12-25/h6-9,14H,3-5,10-13H2,1-2H3,(H2,22,24)(H,23,26). The molecule has 3 rings (SSSR count). The summed E-state index contributed by atoms with van der Waals surface area (Å²) >= 11 is 0. The molecule has 1 aromatic heterocycles. The average molecular weight is 368 g/mol. The molecule has 0 saturated carbocycles. The number of hydrogen-bond acceptors (Lipinski definition) is 5. The van der Waals surface area contributed by atoms with Gasteiger partial charge >= 0.3 is 0 Å². The minimum atomic E-state index is -0.0499. The third kappa shape index (κ3) is 4.77. The summed E-state index contributed by atoms with van der Waals surface area (Å²) in [6.45, 7) is 5.72. The number of carbonyl (C=O) groups is 1. The number of methoxy groups -OCH3 is 1. The zero-order valence-electron chi connectivity index (χ0n) is 16.1. The first-order valence-corrected chi connectivity index (χ1v) is 9.50. The number of anilines is 1. The molecule has 1 saturated heterocycles. The molecule has 1 aliphatic rings. The summed E-state index contributed by atoms with van der Waals surface area (Å²) < 4.78 is 5.33. The van der Waals surface area contributed by atoms with Crippen LogP contribution < -0.4 is 15.8 Å². The lowest BCUT2D eigenvalue weighted by molar-refractivity contribution is 0.0946. The highest BCUT2D eigenvalue weighted by Crippen LogP contribution is 2.30. The maximum absolute atomic E-state index is 12.4. The highest BCUT2D eigenvalue weighted by atomic mass is 16.5. The van der Waals surface area contributed by atoms with Gasteiger partial charge in [0.2, 0.25) is 0 Å². The van der Waals surface area contributed by atoms with E-state index in [-0.39, 0.29) is 5.91 Å². The van der Waals surface area contributed by atoms with Gasteiger partial charge in [0.05, 0.1) is 12.8 Å². The summed E-state index contributed by atoms with van der Waals surface area (Å²) in [5.74, 6) is 1.09. The molecule has 2 aromatic rings. The number of aryl methyl sites for hydroxylation is 1.